The van der Waals surface area contributed by atoms with E-state index in [2.05, 4.69) is 10.2 Å². The van der Waals surface area contributed by atoms with Crippen molar-refractivity contribution in [2.45, 2.75) is 0 Å². The van der Waals surface area contributed by atoms with Crippen molar-refractivity contribution in [3.05, 3.63) is 56.5 Å². The molecule has 0 aliphatic rings. The molecule has 6 heteroatoms. The second-order valence-electron chi connectivity index (χ2n) is 3.35. The van der Waals surface area contributed by atoms with Crippen molar-refractivity contribution in [3.63, 3.8) is 0 Å². The van der Waals surface area contributed by atoms with Crippen LogP contribution < -0.4 is 0 Å². The molecule has 0 saturated heterocycles. The van der Waals surface area contributed by atoms with Crippen molar-refractivity contribution in [3.8, 4) is 0 Å². The predicted octanol–water partition coefficient (Wildman–Crippen LogP) is 6.72. The third kappa shape index (κ3) is 2.96. The zero-order valence-corrected chi connectivity index (χ0v) is 11.9. The number of halogens is 4. The van der Waals surface area contributed by atoms with Crippen LogP contribution in [0.15, 0.2) is 46.6 Å². The third-order valence-electron chi connectivity index (χ3n) is 2.13. The normalized spacial score (nSPS) is 11.1. The van der Waals surface area contributed by atoms with E-state index in [0.29, 0.717) is 31.5 Å². The average molecular weight is 320 g/mol. The van der Waals surface area contributed by atoms with Crippen LogP contribution in [-0.4, -0.2) is 0 Å². The Morgan fingerprint density at radius 1 is 0.611 bits per heavy atom. The first-order valence-corrected chi connectivity index (χ1v) is 6.40. The van der Waals surface area contributed by atoms with Crippen LogP contribution in [0.25, 0.3) is 0 Å². The minimum atomic E-state index is 0.348. The molecule has 18 heavy (non-hydrogen) atoms. The number of benzene rings is 2. The van der Waals surface area contributed by atoms with Gasteiger partial charge in [0.25, 0.3) is 0 Å². The molecular weight excluding hydrogens is 314 g/mol. The lowest BCUT2D eigenvalue weighted by molar-refractivity contribution is 1.23. The van der Waals surface area contributed by atoms with Gasteiger partial charge in [0.05, 0.1) is 20.1 Å². The molecule has 0 radical (unpaired) electrons. The number of hydrogen-bond acceptors (Lipinski definition) is 2. The first kappa shape index (κ1) is 13.6. The monoisotopic (exact) mass is 318 g/mol. The highest BCUT2D eigenvalue weighted by atomic mass is 35.5. The Bertz CT molecular complexity index is 558. The SMILES string of the molecule is Clc1cccc(/N=N/c2cccc(Cl)c2Cl)c1Cl. The summed E-state index contributed by atoms with van der Waals surface area (Å²) in [6.45, 7) is 0. The van der Waals surface area contributed by atoms with E-state index < -0.39 is 0 Å². The van der Waals surface area contributed by atoms with E-state index in [9.17, 15) is 0 Å². The summed E-state index contributed by atoms with van der Waals surface area (Å²) in [6.07, 6.45) is 0. The number of rotatable bonds is 2. The molecule has 2 rings (SSSR count). The summed E-state index contributed by atoms with van der Waals surface area (Å²) in [5, 5.41) is 9.55. The van der Waals surface area contributed by atoms with Crippen LogP contribution in [0.1, 0.15) is 0 Å². The smallest absolute Gasteiger partial charge is 0.106 e. The minimum Gasteiger partial charge on any atom is -0.149 e. The fourth-order valence-corrected chi connectivity index (χ4v) is 1.91. The van der Waals surface area contributed by atoms with Gasteiger partial charge in [0.1, 0.15) is 11.4 Å². The number of hydrogen-bond donors (Lipinski definition) is 0. The van der Waals surface area contributed by atoms with E-state index in [1.165, 1.54) is 0 Å². The van der Waals surface area contributed by atoms with Gasteiger partial charge in [-0.3, -0.25) is 0 Å². The highest BCUT2D eigenvalue weighted by Gasteiger charge is 2.05. The summed E-state index contributed by atoms with van der Waals surface area (Å²) in [7, 11) is 0. The predicted molar refractivity (Wildman–Crippen MR) is 77.1 cm³/mol. The Hall–Kier alpha value is -0.800. The minimum absolute atomic E-state index is 0.348. The first-order valence-electron chi connectivity index (χ1n) is 4.89. The van der Waals surface area contributed by atoms with Crippen LogP contribution in [0, 0.1) is 0 Å². The van der Waals surface area contributed by atoms with E-state index in [1.807, 2.05) is 0 Å². The van der Waals surface area contributed by atoms with Crippen LogP contribution in [0.4, 0.5) is 11.4 Å². The number of nitrogens with zero attached hydrogens (tertiary/aromatic N) is 2. The summed E-state index contributed by atoms with van der Waals surface area (Å²) in [5.74, 6) is 0. The second kappa shape index (κ2) is 5.89. The van der Waals surface area contributed by atoms with Gasteiger partial charge in [0, 0.05) is 0 Å². The molecule has 0 spiro atoms. The molecule has 0 fully saturated rings. The lowest BCUT2D eigenvalue weighted by Crippen LogP contribution is -1.72. The molecule has 0 amide bonds. The topological polar surface area (TPSA) is 24.7 Å². The maximum Gasteiger partial charge on any atom is 0.106 e. The van der Waals surface area contributed by atoms with E-state index in [0.717, 1.165) is 0 Å². The molecule has 0 aliphatic carbocycles. The van der Waals surface area contributed by atoms with E-state index in [4.69, 9.17) is 46.4 Å². The fourth-order valence-electron chi connectivity index (χ4n) is 1.25. The van der Waals surface area contributed by atoms with Crippen molar-refractivity contribution in [2.75, 3.05) is 0 Å². The van der Waals surface area contributed by atoms with Crippen LogP contribution in [-0.2, 0) is 0 Å². The Balaban J connectivity index is 2.36. The van der Waals surface area contributed by atoms with Gasteiger partial charge in [-0.2, -0.15) is 0 Å². The van der Waals surface area contributed by atoms with Crippen molar-refractivity contribution >= 4 is 57.8 Å². The van der Waals surface area contributed by atoms with E-state index in [-0.39, 0.29) is 0 Å². The van der Waals surface area contributed by atoms with Crippen molar-refractivity contribution < 1.29 is 0 Å². The van der Waals surface area contributed by atoms with Crippen LogP contribution in [0.3, 0.4) is 0 Å². The lowest BCUT2D eigenvalue weighted by Gasteiger charge is -2.00. The van der Waals surface area contributed by atoms with Crippen molar-refractivity contribution in [2.24, 2.45) is 10.2 Å². The van der Waals surface area contributed by atoms with Crippen molar-refractivity contribution in [1.82, 2.24) is 0 Å². The van der Waals surface area contributed by atoms with Crippen molar-refractivity contribution in [1.29, 1.82) is 0 Å². The van der Waals surface area contributed by atoms with Gasteiger partial charge in [-0.1, -0.05) is 58.5 Å². The van der Waals surface area contributed by atoms with Gasteiger partial charge < -0.3 is 0 Å². The first-order chi connectivity index (χ1) is 8.59. The van der Waals surface area contributed by atoms with Crippen LogP contribution in [0.5, 0.6) is 0 Å². The van der Waals surface area contributed by atoms with Gasteiger partial charge in [0.2, 0.25) is 0 Å². The van der Waals surface area contributed by atoms with E-state index in [1.54, 1.807) is 36.4 Å². The fraction of sp³-hybridized carbons (Fsp3) is 0. The zero-order valence-electron chi connectivity index (χ0n) is 8.87. The standard InChI is InChI=1S/C12H6Cl4N2/c13-7-3-1-5-9(11(7)15)17-18-10-6-2-4-8(14)12(10)16/h1-6H/b18-17+. The maximum atomic E-state index is 5.99. The molecule has 0 aromatic heterocycles. The summed E-state index contributed by atoms with van der Waals surface area (Å²) < 4.78 is 0. The highest BCUT2D eigenvalue weighted by Crippen LogP contribution is 2.35. The Morgan fingerprint density at radius 2 is 1.00 bits per heavy atom. The molecule has 0 bridgehead atoms. The maximum absolute atomic E-state index is 5.99. The molecule has 0 atom stereocenters. The average Bonchev–Trinajstić information content (AvgIpc) is 2.36. The molecule has 0 aliphatic heterocycles. The molecule has 92 valence electrons. The molecule has 0 unspecified atom stereocenters. The van der Waals surface area contributed by atoms with Crippen LogP contribution >= 0.6 is 46.4 Å². The molecule has 2 nitrogen and oxygen atoms in total. The van der Waals surface area contributed by atoms with Gasteiger partial charge in [0.15, 0.2) is 0 Å². The molecular formula is C12H6Cl4N2. The molecule has 2 aromatic carbocycles. The summed E-state index contributed by atoms with van der Waals surface area (Å²) >= 11 is 23.7. The van der Waals surface area contributed by atoms with Gasteiger partial charge >= 0.3 is 0 Å². The highest BCUT2D eigenvalue weighted by molar-refractivity contribution is 6.44. The zero-order chi connectivity index (χ0) is 13.1. The summed E-state index contributed by atoms with van der Waals surface area (Å²) in [4.78, 5) is 0. The summed E-state index contributed by atoms with van der Waals surface area (Å²) in [6, 6.07) is 10.2. The summed E-state index contributed by atoms with van der Waals surface area (Å²) in [5.41, 5.74) is 0.945. The van der Waals surface area contributed by atoms with E-state index >= 15 is 0 Å². The Labute approximate surface area is 124 Å². The van der Waals surface area contributed by atoms with Gasteiger partial charge in [-0.05, 0) is 24.3 Å². The van der Waals surface area contributed by atoms with Crippen LogP contribution in [0.2, 0.25) is 20.1 Å². The Morgan fingerprint density at radius 3 is 1.39 bits per heavy atom. The quantitative estimate of drug-likeness (QED) is 0.549. The largest absolute Gasteiger partial charge is 0.149 e. The molecule has 0 saturated carbocycles. The molecule has 0 N–H and O–H groups in total. The lowest BCUT2D eigenvalue weighted by atomic mass is 10.3. The van der Waals surface area contributed by atoms with Gasteiger partial charge in [-0.25, -0.2) is 0 Å². The van der Waals surface area contributed by atoms with Gasteiger partial charge in [-0.15, -0.1) is 10.2 Å². The third-order valence-corrected chi connectivity index (χ3v) is 3.75. The number of azo groups is 1. The second-order valence-corrected chi connectivity index (χ2v) is 4.92. The Kier molecular flexibility index (Phi) is 4.46. The molecule has 2 aromatic rings. The molecule has 0 heterocycles.